The second kappa shape index (κ2) is 9.37. The number of halogens is 2. The summed E-state index contributed by atoms with van der Waals surface area (Å²) in [6.45, 7) is 3.98. The molecule has 0 spiro atoms. The average molecular weight is 480 g/mol. The number of piperazine rings is 1. The zero-order valence-corrected chi connectivity index (χ0v) is 19.6. The van der Waals surface area contributed by atoms with Gasteiger partial charge >= 0.3 is 0 Å². The molecule has 9 heteroatoms. The molecular formula is C23H27ClFN3O3S. The molecule has 1 aliphatic heterocycles. The fourth-order valence-electron chi connectivity index (χ4n) is 4.17. The van der Waals surface area contributed by atoms with Gasteiger partial charge in [-0.3, -0.25) is 4.79 Å². The van der Waals surface area contributed by atoms with Crippen LogP contribution in [-0.2, 0) is 21.4 Å². The van der Waals surface area contributed by atoms with Crippen LogP contribution in [0.25, 0.3) is 0 Å². The van der Waals surface area contributed by atoms with Crippen LogP contribution >= 0.6 is 11.6 Å². The molecule has 1 saturated carbocycles. The lowest BCUT2D eigenvalue weighted by Gasteiger charge is -2.37. The highest BCUT2D eigenvalue weighted by Crippen LogP contribution is 2.34. The van der Waals surface area contributed by atoms with Gasteiger partial charge in [0.2, 0.25) is 15.9 Å². The zero-order valence-electron chi connectivity index (χ0n) is 18.0. The summed E-state index contributed by atoms with van der Waals surface area (Å²) in [6.07, 6.45) is 2.46. The maximum absolute atomic E-state index is 15.1. The number of nitrogens with zero attached hydrogens (tertiary/aromatic N) is 3. The SMILES string of the molecule is CC(=O)N1CCN(c2ccc(CN(C3CCC3)S(=O)(=O)c3ccccc3Cl)c(F)c2)CC1. The second-order valence-electron chi connectivity index (χ2n) is 8.33. The number of hydrogen-bond donors (Lipinski definition) is 0. The first-order valence-corrected chi connectivity index (χ1v) is 12.6. The van der Waals surface area contributed by atoms with Crippen LogP contribution in [0.4, 0.5) is 10.1 Å². The third-order valence-corrected chi connectivity index (χ3v) is 8.76. The van der Waals surface area contributed by atoms with Gasteiger partial charge in [-0.05, 0) is 37.1 Å². The van der Waals surface area contributed by atoms with Crippen molar-refractivity contribution in [1.29, 1.82) is 0 Å². The van der Waals surface area contributed by atoms with Crippen molar-refractivity contribution in [2.75, 3.05) is 31.1 Å². The highest BCUT2D eigenvalue weighted by molar-refractivity contribution is 7.89. The fourth-order valence-corrected chi connectivity index (χ4v) is 6.33. The number of amides is 1. The van der Waals surface area contributed by atoms with Gasteiger partial charge in [-0.1, -0.05) is 36.2 Å². The van der Waals surface area contributed by atoms with E-state index in [0.29, 0.717) is 31.7 Å². The van der Waals surface area contributed by atoms with E-state index in [1.165, 1.54) is 16.4 Å². The summed E-state index contributed by atoms with van der Waals surface area (Å²) in [5, 5.41) is 0.164. The van der Waals surface area contributed by atoms with Crippen molar-refractivity contribution >= 4 is 33.2 Å². The average Bonchev–Trinajstić information content (AvgIpc) is 2.73. The van der Waals surface area contributed by atoms with Gasteiger partial charge in [-0.2, -0.15) is 4.31 Å². The van der Waals surface area contributed by atoms with Gasteiger partial charge in [0.15, 0.2) is 0 Å². The molecule has 0 bridgehead atoms. The molecule has 1 amide bonds. The Morgan fingerprint density at radius 1 is 1.12 bits per heavy atom. The van der Waals surface area contributed by atoms with Crippen molar-refractivity contribution in [3.05, 3.63) is 58.9 Å². The van der Waals surface area contributed by atoms with Crippen LogP contribution in [0.2, 0.25) is 5.02 Å². The van der Waals surface area contributed by atoms with Crippen molar-refractivity contribution in [1.82, 2.24) is 9.21 Å². The minimum absolute atomic E-state index is 0.0392. The van der Waals surface area contributed by atoms with Gasteiger partial charge in [-0.25, -0.2) is 12.8 Å². The van der Waals surface area contributed by atoms with Crippen LogP contribution in [0.15, 0.2) is 47.4 Å². The summed E-state index contributed by atoms with van der Waals surface area (Å²) in [7, 11) is -3.86. The number of anilines is 1. The van der Waals surface area contributed by atoms with Crippen LogP contribution in [0, 0.1) is 5.82 Å². The summed E-state index contributed by atoms with van der Waals surface area (Å²) < 4.78 is 43.2. The summed E-state index contributed by atoms with van der Waals surface area (Å²) in [4.78, 5) is 15.4. The van der Waals surface area contributed by atoms with Gasteiger partial charge in [0.05, 0.1) is 5.02 Å². The molecule has 0 unspecified atom stereocenters. The topological polar surface area (TPSA) is 60.9 Å². The van der Waals surface area contributed by atoms with Crippen molar-refractivity contribution in [2.45, 2.75) is 43.7 Å². The lowest BCUT2D eigenvalue weighted by molar-refractivity contribution is -0.129. The molecule has 4 rings (SSSR count). The van der Waals surface area contributed by atoms with Gasteiger partial charge < -0.3 is 9.80 Å². The summed E-state index contributed by atoms with van der Waals surface area (Å²) in [5.41, 5.74) is 1.07. The predicted molar refractivity (Wildman–Crippen MR) is 123 cm³/mol. The van der Waals surface area contributed by atoms with Gasteiger partial charge in [0, 0.05) is 56.9 Å². The van der Waals surface area contributed by atoms with E-state index >= 15 is 4.39 Å². The van der Waals surface area contributed by atoms with Crippen molar-refractivity contribution in [2.24, 2.45) is 0 Å². The van der Waals surface area contributed by atoms with E-state index in [-0.39, 0.29) is 28.4 Å². The number of hydrogen-bond acceptors (Lipinski definition) is 4. The molecule has 32 heavy (non-hydrogen) atoms. The van der Waals surface area contributed by atoms with E-state index in [9.17, 15) is 13.2 Å². The maximum atomic E-state index is 15.1. The highest BCUT2D eigenvalue weighted by atomic mass is 35.5. The first-order chi connectivity index (χ1) is 15.3. The van der Waals surface area contributed by atoms with Crippen LogP contribution in [0.1, 0.15) is 31.7 Å². The van der Waals surface area contributed by atoms with Crippen molar-refractivity contribution < 1.29 is 17.6 Å². The van der Waals surface area contributed by atoms with E-state index in [1.54, 1.807) is 36.1 Å². The Kier molecular flexibility index (Phi) is 6.74. The van der Waals surface area contributed by atoms with Crippen molar-refractivity contribution in [3.63, 3.8) is 0 Å². The van der Waals surface area contributed by atoms with Crippen LogP contribution in [0.3, 0.4) is 0 Å². The number of sulfonamides is 1. The Labute approximate surface area is 193 Å². The largest absolute Gasteiger partial charge is 0.368 e. The molecule has 1 heterocycles. The monoisotopic (exact) mass is 479 g/mol. The lowest BCUT2D eigenvalue weighted by atomic mass is 9.93. The number of carbonyl (C=O) groups excluding carboxylic acids is 1. The minimum atomic E-state index is -3.86. The molecule has 0 N–H and O–H groups in total. The fraction of sp³-hybridized carbons (Fsp3) is 0.435. The van der Waals surface area contributed by atoms with Gasteiger partial charge in [-0.15, -0.1) is 0 Å². The molecule has 1 aliphatic carbocycles. The Hall–Kier alpha value is -2.16. The smallest absolute Gasteiger partial charge is 0.245 e. The van der Waals surface area contributed by atoms with E-state index in [4.69, 9.17) is 11.6 Å². The van der Waals surface area contributed by atoms with Crippen LogP contribution < -0.4 is 4.90 Å². The molecule has 0 aromatic heterocycles. The second-order valence-corrected chi connectivity index (χ2v) is 10.6. The summed E-state index contributed by atoms with van der Waals surface area (Å²) >= 11 is 6.18. The molecule has 2 aromatic rings. The third kappa shape index (κ3) is 4.63. The Bertz CT molecular complexity index is 1100. The molecule has 6 nitrogen and oxygen atoms in total. The molecule has 2 aromatic carbocycles. The Balaban J connectivity index is 1.55. The Morgan fingerprint density at radius 3 is 2.38 bits per heavy atom. The normalized spacial score (nSPS) is 17.5. The predicted octanol–water partition coefficient (Wildman–Crippen LogP) is 3.89. The van der Waals surface area contributed by atoms with Crippen LogP contribution in [0.5, 0.6) is 0 Å². The first-order valence-electron chi connectivity index (χ1n) is 10.8. The van der Waals surface area contributed by atoms with Gasteiger partial charge in [0.25, 0.3) is 0 Å². The Morgan fingerprint density at radius 2 is 1.81 bits per heavy atom. The summed E-state index contributed by atoms with van der Waals surface area (Å²) in [5.74, 6) is -0.392. The molecule has 1 saturated heterocycles. The zero-order chi connectivity index (χ0) is 22.9. The van der Waals surface area contributed by atoms with Crippen LogP contribution in [-0.4, -0.2) is 55.8 Å². The first kappa shape index (κ1) is 23.0. The van der Waals surface area contributed by atoms with E-state index in [1.807, 2.05) is 11.0 Å². The molecule has 0 radical (unpaired) electrons. The molecule has 2 fully saturated rings. The highest BCUT2D eigenvalue weighted by Gasteiger charge is 2.36. The molecule has 2 aliphatic rings. The summed E-state index contributed by atoms with van der Waals surface area (Å²) in [6, 6.07) is 11.1. The van der Waals surface area contributed by atoms with E-state index in [2.05, 4.69) is 0 Å². The molecule has 172 valence electrons. The van der Waals surface area contributed by atoms with E-state index in [0.717, 1.165) is 24.9 Å². The number of rotatable bonds is 6. The standard InChI is InChI=1S/C23H27ClFN3O3S/c1-17(29)26-11-13-27(14-12-26)20-10-9-18(22(25)15-20)16-28(19-5-4-6-19)32(30,31)23-8-3-2-7-21(23)24/h2-3,7-10,15,19H,4-6,11-14,16H2,1H3. The van der Waals surface area contributed by atoms with Gasteiger partial charge in [0.1, 0.15) is 10.7 Å². The van der Waals surface area contributed by atoms with Crippen molar-refractivity contribution in [3.8, 4) is 0 Å². The number of benzene rings is 2. The minimum Gasteiger partial charge on any atom is -0.368 e. The third-order valence-electron chi connectivity index (χ3n) is 6.36. The van der Waals surface area contributed by atoms with E-state index < -0.39 is 15.8 Å². The molecule has 0 atom stereocenters. The molecular weight excluding hydrogens is 453 g/mol. The lowest BCUT2D eigenvalue weighted by Crippen LogP contribution is -2.48. The quantitative estimate of drug-likeness (QED) is 0.630. The number of carbonyl (C=O) groups is 1. The maximum Gasteiger partial charge on any atom is 0.245 e.